The second kappa shape index (κ2) is 33.6. The number of nitrogens with zero attached hydrogens (tertiary/aromatic N) is 8. The average molecular weight is 1670 g/mol. The average Bonchev–Trinajstić information content (AvgIpc) is 1.59. The number of aromatic nitrogens is 2. The molecule has 0 aliphatic heterocycles. The van der Waals surface area contributed by atoms with Gasteiger partial charge in [0, 0.05) is 127 Å². The monoisotopic (exact) mass is 1670 g/mol. The van der Waals surface area contributed by atoms with Gasteiger partial charge in [0.15, 0.2) is 0 Å². The van der Waals surface area contributed by atoms with Crippen LogP contribution in [0.25, 0.3) is 97.4 Å². The van der Waals surface area contributed by atoms with Gasteiger partial charge in [-0.25, -0.2) is 0 Å². The smallest absolute Gasteiger partial charge is 0.0619 e. The number of benzene rings is 20. The highest BCUT2D eigenvalue weighted by molar-refractivity contribution is 7.25. The van der Waals surface area contributed by atoms with E-state index in [2.05, 4.69) is 548 Å². The summed E-state index contributed by atoms with van der Waals surface area (Å²) in [4.78, 5) is 14.5. The summed E-state index contributed by atoms with van der Waals surface area (Å²) in [7, 11) is 0. The topological polar surface area (TPSA) is 29.3 Å². The molecule has 0 bridgehead atoms. The fraction of sp³-hybridized carbons (Fsp3) is 0. The van der Waals surface area contributed by atoms with E-state index in [1.807, 2.05) is 11.3 Å². The van der Waals surface area contributed by atoms with Crippen LogP contribution in [0.3, 0.4) is 0 Å². The SMILES string of the molecule is c1ccc(-c2ccc(N(c3cc(N(c4ccccc4)c4ccccc4)cc(N(c4ccccc4)c4cccc(-c5cccc6c7ccc(N(c8ccccc8)c8cc(N(c9ccccc9)c9ccccc9)cc(N(c9ccccc9)c9ccc%10c(c9)sc9ccccc9%10)c8)cc7n(-c7ccccc7)c56)c4)c3)c3ccc4c(c3)c3ccccc3n4-c3ccccc3)cc2)cc1. The van der Waals surface area contributed by atoms with Gasteiger partial charge in [-0.1, -0.05) is 285 Å². The molecule has 3 aromatic heterocycles. The summed E-state index contributed by atoms with van der Waals surface area (Å²) in [6.07, 6.45) is 0. The van der Waals surface area contributed by atoms with Crippen LogP contribution in [0.5, 0.6) is 0 Å². The van der Waals surface area contributed by atoms with E-state index in [0.29, 0.717) is 0 Å². The predicted molar refractivity (Wildman–Crippen MR) is 547 cm³/mol. The number of hydrogen-bond donors (Lipinski definition) is 0. The standard InChI is InChI=1S/C120H84N8S/c1-11-37-85(38-12-1)86-65-67-97(68-66-86)126(99-71-74-116-114(82-99)109-59-31-33-63-115(109)127(116)95-54-27-9-28-55-95)107-79-102(121(88-40-13-2-14-41-88)89-42-15-3-16-43-89)76-104(80-107)123(92-48-21-6-22-49-92)98-58-35-39-87(75-98)108-61-36-62-113-110-72-69-100(83-117(110)128(120(108)113)96-56-29-10-30-57-96)124(93-50-23-7-24-51-93)105-77-103(122(90-44-17-4-18-45-90)91-46-19-5-20-47-91)78-106(81-105)125(94-52-25-8-26-53-94)101-70-73-112-111-60-32-34-64-118(111)129-119(112)84-101/h1-84H. The number of fused-ring (bicyclic) bond motifs is 9. The van der Waals surface area contributed by atoms with Crippen molar-refractivity contribution in [2.45, 2.75) is 0 Å². The van der Waals surface area contributed by atoms with Crippen molar-refractivity contribution in [3.8, 4) is 33.6 Å². The molecule has 0 amide bonds. The molecule has 3 heterocycles. The summed E-state index contributed by atoms with van der Waals surface area (Å²) < 4.78 is 7.39. The van der Waals surface area contributed by atoms with Gasteiger partial charge in [-0.15, -0.1) is 11.3 Å². The molecule has 610 valence electrons. The van der Waals surface area contributed by atoms with E-state index in [1.165, 1.54) is 25.6 Å². The van der Waals surface area contributed by atoms with Gasteiger partial charge in [-0.05, 0) is 241 Å². The Labute approximate surface area is 753 Å². The predicted octanol–water partition coefficient (Wildman–Crippen LogP) is 34.4. The van der Waals surface area contributed by atoms with Crippen LogP contribution in [-0.2, 0) is 0 Å². The zero-order chi connectivity index (χ0) is 85.5. The summed E-state index contributed by atoms with van der Waals surface area (Å²) in [5.74, 6) is 0. The molecule has 0 aliphatic rings. The van der Waals surface area contributed by atoms with Crippen molar-refractivity contribution in [2.75, 3.05) is 29.4 Å². The lowest BCUT2D eigenvalue weighted by Gasteiger charge is -2.33. The Morgan fingerprint density at radius 3 is 0.930 bits per heavy atom. The quantitative estimate of drug-likeness (QED) is 0.0672. The molecule has 20 aromatic carbocycles. The molecule has 0 saturated carbocycles. The Balaban J connectivity index is 0.720. The highest BCUT2D eigenvalue weighted by Gasteiger charge is 2.29. The van der Waals surface area contributed by atoms with E-state index in [-0.39, 0.29) is 0 Å². The molecule has 129 heavy (non-hydrogen) atoms. The van der Waals surface area contributed by atoms with Crippen LogP contribution in [0.15, 0.2) is 510 Å². The van der Waals surface area contributed by atoms with E-state index in [0.717, 1.165) is 174 Å². The van der Waals surface area contributed by atoms with E-state index >= 15 is 0 Å². The number of rotatable bonds is 22. The van der Waals surface area contributed by atoms with Gasteiger partial charge in [0.25, 0.3) is 0 Å². The van der Waals surface area contributed by atoms with Crippen molar-refractivity contribution in [1.82, 2.24) is 9.13 Å². The Morgan fingerprint density at radius 2 is 0.450 bits per heavy atom. The third-order valence-corrected chi connectivity index (χ3v) is 25.8. The molecule has 9 heteroatoms. The van der Waals surface area contributed by atoms with E-state index in [1.54, 1.807) is 0 Å². The molecule has 0 fully saturated rings. The van der Waals surface area contributed by atoms with Crippen LogP contribution >= 0.6 is 11.3 Å². The number of hydrogen-bond acceptors (Lipinski definition) is 7. The summed E-state index contributed by atoms with van der Waals surface area (Å²) in [5, 5.41) is 7.10. The molecule has 0 atom stereocenters. The maximum atomic E-state index is 2.50. The molecule has 0 aliphatic carbocycles. The normalized spacial score (nSPS) is 11.4. The largest absolute Gasteiger partial charge is 0.310 e. The molecule has 0 spiro atoms. The molecule has 0 unspecified atom stereocenters. The van der Waals surface area contributed by atoms with Gasteiger partial charge in [0.2, 0.25) is 0 Å². The Hall–Kier alpha value is -17.0. The molecule has 23 aromatic rings. The Kier molecular flexibility index (Phi) is 20.0. The zero-order valence-corrected chi connectivity index (χ0v) is 71.3. The number of anilines is 18. The van der Waals surface area contributed by atoms with Gasteiger partial charge >= 0.3 is 0 Å². The zero-order valence-electron chi connectivity index (χ0n) is 70.5. The van der Waals surface area contributed by atoms with Crippen molar-refractivity contribution < 1.29 is 0 Å². The Bertz CT molecular complexity index is 7900. The van der Waals surface area contributed by atoms with Crippen LogP contribution in [0.1, 0.15) is 0 Å². The van der Waals surface area contributed by atoms with Gasteiger partial charge in [0.05, 0.1) is 56.2 Å². The van der Waals surface area contributed by atoms with Gasteiger partial charge in [0.1, 0.15) is 0 Å². The number of para-hydroxylation sites is 11. The second-order valence-corrected chi connectivity index (χ2v) is 33.6. The fourth-order valence-electron chi connectivity index (χ4n) is 19.0. The lowest BCUT2D eigenvalue weighted by Crippen LogP contribution is -2.16. The molecule has 23 rings (SSSR count). The summed E-state index contributed by atoms with van der Waals surface area (Å²) in [6.45, 7) is 0. The van der Waals surface area contributed by atoms with Crippen LogP contribution in [0, 0.1) is 0 Å². The minimum absolute atomic E-state index is 0.953. The van der Waals surface area contributed by atoms with Gasteiger partial charge in [-0.2, -0.15) is 0 Å². The molecule has 0 saturated heterocycles. The summed E-state index contributed by atoms with van der Waals surface area (Å²) >= 11 is 1.84. The lowest BCUT2D eigenvalue weighted by molar-refractivity contribution is 1.18. The first-order chi connectivity index (χ1) is 64.0. The Morgan fingerprint density at radius 1 is 0.147 bits per heavy atom. The van der Waals surface area contributed by atoms with E-state index in [4.69, 9.17) is 0 Å². The first-order valence-corrected chi connectivity index (χ1v) is 44.7. The van der Waals surface area contributed by atoms with Gasteiger partial charge < -0.3 is 38.5 Å². The van der Waals surface area contributed by atoms with Crippen molar-refractivity contribution in [3.63, 3.8) is 0 Å². The van der Waals surface area contributed by atoms with E-state index < -0.39 is 0 Å². The van der Waals surface area contributed by atoms with Crippen LogP contribution in [0.4, 0.5) is 102 Å². The summed E-state index contributed by atoms with van der Waals surface area (Å²) in [5.41, 5.74) is 29.0. The van der Waals surface area contributed by atoms with Crippen LogP contribution in [-0.4, -0.2) is 9.13 Å². The molecule has 0 radical (unpaired) electrons. The third-order valence-electron chi connectivity index (χ3n) is 24.7. The summed E-state index contributed by atoms with van der Waals surface area (Å²) in [6, 6.07) is 186. The van der Waals surface area contributed by atoms with Crippen molar-refractivity contribution in [1.29, 1.82) is 0 Å². The number of thiophene rings is 1. The third kappa shape index (κ3) is 14.5. The van der Waals surface area contributed by atoms with Crippen molar-refractivity contribution in [2.24, 2.45) is 0 Å². The second-order valence-electron chi connectivity index (χ2n) is 32.5. The van der Waals surface area contributed by atoms with Crippen LogP contribution < -0.4 is 29.4 Å². The highest BCUT2D eigenvalue weighted by atomic mass is 32.1. The minimum atomic E-state index is 0.953. The molecule has 0 N–H and O–H groups in total. The van der Waals surface area contributed by atoms with E-state index in [9.17, 15) is 0 Å². The molecule has 8 nitrogen and oxygen atoms in total. The molecular formula is C120H84N8S. The maximum Gasteiger partial charge on any atom is 0.0619 e. The maximum absolute atomic E-state index is 2.50. The van der Waals surface area contributed by atoms with Crippen LogP contribution in [0.2, 0.25) is 0 Å². The first-order valence-electron chi connectivity index (χ1n) is 43.9. The van der Waals surface area contributed by atoms with Crippen molar-refractivity contribution in [3.05, 3.63) is 510 Å². The lowest BCUT2D eigenvalue weighted by atomic mass is 10.0. The van der Waals surface area contributed by atoms with Gasteiger partial charge in [-0.3, -0.25) is 0 Å². The van der Waals surface area contributed by atoms with Crippen molar-refractivity contribution >= 4 is 177 Å². The first kappa shape index (κ1) is 76.9. The minimum Gasteiger partial charge on any atom is -0.310 e. The highest BCUT2D eigenvalue weighted by Crippen LogP contribution is 2.53. The fourth-order valence-corrected chi connectivity index (χ4v) is 20.1. The molecular weight excluding hydrogens is 1590 g/mol.